The minimum Gasteiger partial charge on any atom is -0.497 e. The van der Waals surface area contributed by atoms with Crippen molar-refractivity contribution in [3.8, 4) is 5.75 Å². The van der Waals surface area contributed by atoms with Gasteiger partial charge in [-0.25, -0.2) is 0 Å². The summed E-state index contributed by atoms with van der Waals surface area (Å²) in [4.78, 5) is 24.1. The number of hydrogen-bond donors (Lipinski definition) is 2. The molecule has 2 N–H and O–H groups in total. The molecule has 2 aliphatic carbocycles. The summed E-state index contributed by atoms with van der Waals surface area (Å²) >= 11 is 0. The maximum atomic E-state index is 12.8. The van der Waals surface area contributed by atoms with Crippen LogP contribution >= 0.6 is 0 Å². The van der Waals surface area contributed by atoms with Crippen LogP contribution in [-0.4, -0.2) is 31.1 Å². The van der Waals surface area contributed by atoms with Crippen LogP contribution in [0.5, 0.6) is 5.75 Å². The molecule has 0 radical (unpaired) electrons. The average molecular weight is 382 g/mol. The van der Waals surface area contributed by atoms with Crippen LogP contribution in [0.25, 0.3) is 0 Å². The Kier molecular flexibility index (Phi) is 5.17. The number of nitrogens with one attached hydrogen (secondary N) is 2. The Morgan fingerprint density at radius 3 is 2.37 bits per heavy atom. The van der Waals surface area contributed by atoms with E-state index in [2.05, 4.69) is 5.32 Å². The lowest BCUT2D eigenvalue weighted by Gasteiger charge is -2.29. The van der Waals surface area contributed by atoms with Crippen molar-refractivity contribution in [2.75, 3.05) is 7.11 Å². The molecule has 146 valence electrons. The number of carbonyl (C=O) groups is 2. The SMILES string of the molecule is COc1ccc([C@@H](C)NC(=O)C2[C@@H]3C=C[C@@H](C3)[C@H]2NC(=O)C(F)(F)F)cc1. The molecule has 1 aromatic carbocycles. The van der Waals surface area contributed by atoms with E-state index in [-0.39, 0.29) is 23.8 Å². The molecule has 1 saturated carbocycles. The molecule has 27 heavy (non-hydrogen) atoms. The maximum Gasteiger partial charge on any atom is 0.471 e. The Labute approximate surface area is 155 Å². The van der Waals surface area contributed by atoms with E-state index >= 15 is 0 Å². The number of carbonyl (C=O) groups excluding carboxylic acids is 2. The number of hydrogen-bond acceptors (Lipinski definition) is 3. The van der Waals surface area contributed by atoms with Gasteiger partial charge in [0.05, 0.1) is 19.1 Å². The highest BCUT2D eigenvalue weighted by Gasteiger charge is 2.51. The molecule has 2 bridgehead atoms. The third-order valence-electron chi connectivity index (χ3n) is 5.29. The summed E-state index contributed by atoms with van der Waals surface area (Å²) in [5.74, 6) is -2.82. The Bertz CT molecular complexity index is 746. The molecule has 1 fully saturated rings. The summed E-state index contributed by atoms with van der Waals surface area (Å²) in [6, 6.07) is 5.98. The van der Waals surface area contributed by atoms with Crippen molar-refractivity contribution in [1.82, 2.24) is 10.6 Å². The van der Waals surface area contributed by atoms with E-state index in [9.17, 15) is 22.8 Å². The predicted molar refractivity (Wildman–Crippen MR) is 91.8 cm³/mol. The second-order valence-electron chi connectivity index (χ2n) is 6.97. The van der Waals surface area contributed by atoms with E-state index in [0.29, 0.717) is 12.2 Å². The molecule has 1 aromatic rings. The summed E-state index contributed by atoms with van der Waals surface area (Å²) in [6.45, 7) is 1.80. The first-order chi connectivity index (χ1) is 12.7. The van der Waals surface area contributed by atoms with Crippen molar-refractivity contribution in [3.05, 3.63) is 42.0 Å². The van der Waals surface area contributed by atoms with E-state index < -0.39 is 24.0 Å². The topological polar surface area (TPSA) is 67.4 Å². The Hall–Kier alpha value is -2.51. The molecule has 2 aliphatic rings. The van der Waals surface area contributed by atoms with Gasteiger partial charge in [0.2, 0.25) is 5.91 Å². The van der Waals surface area contributed by atoms with E-state index in [1.807, 2.05) is 23.5 Å². The molecule has 0 heterocycles. The fourth-order valence-corrected chi connectivity index (χ4v) is 3.90. The minimum absolute atomic E-state index is 0.170. The molecule has 2 amide bonds. The van der Waals surface area contributed by atoms with Gasteiger partial charge in [-0.2, -0.15) is 13.2 Å². The largest absolute Gasteiger partial charge is 0.497 e. The second kappa shape index (κ2) is 7.25. The normalized spacial score (nSPS) is 27.3. The van der Waals surface area contributed by atoms with Crippen molar-refractivity contribution in [2.24, 2.45) is 17.8 Å². The first-order valence-electron chi connectivity index (χ1n) is 8.71. The highest BCUT2D eigenvalue weighted by molar-refractivity contribution is 5.85. The molecule has 0 aliphatic heterocycles. The van der Waals surface area contributed by atoms with E-state index in [1.54, 1.807) is 32.2 Å². The van der Waals surface area contributed by atoms with Gasteiger partial charge in [0.1, 0.15) is 5.75 Å². The maximum absolute atomic E-state index is 12.8. The standard InChI is InChI=1S/C19H21F3N2O3/c1-10(11-5-7-14(27-2)8-6-11)23-17(25)15-12-3-4-13(9-12)16(15)24-18(26)19(20,21)22/h3-8,10,12-13,15-16H,9H2,1-2H3,(H,23,25)(H,24,26)/t10-,12-,13+,15?,16-/m1/s1. The quantitative estimate of drug-likeness (QED) is 0.770. The molecule has 1 unspecified atom stereocenters. The van der Waals surface area contributed by atoms with Crippen LogP contribution in [0.3, 0.4) is 0 Å². The van der Waals surface area contributed by atoms with Gasteiger partial charge in [0.25, 0.3) is 0 Å². The van der Waals surface area contributed by atoms with Crippen LogP contribution in [0.15, 0.2) is 36.4 Å². The van der Waals surface area contributed by atoms with Gasteiger partial charge in [-0.05, 0) is 42.9 Å². The molecule has 8 heteroatoms. The molecule has 3 rings (SSSR count). The second-order valence-corrected chi connectivity index (χ2v) is 6.97. The third-order valence-corrected chi connectivity index (χ3v) is 5.29. The van der Waals surface area contributed by atoms with Crippen molar-refractivity contribution in [2.45, 2.75) is 31.6 Å². The molecule has 5 nitrogen and oxygen atoms in total. The number of allylic oxidation sites excluding steroid dienone is 1. The van der Waals surface area contributed by atoms with E-state index in [4.69, 9.17) is 4.74 Å². The molecular weight excluding hydrogens is 361 g/mol. The van der Waals surface area contributed by atoms with Gasteiger partial charge in [-0.15, -0.1) is 0 Å². The molecule has 0 spiro atoms. The lowest BCUT2D eigenvalue weighted by atomic mass is 9.87. The van der Waals surface area contributed by atoms with Gasteiger partial charge < -0.3 is 15.4 Å². The van der Waals surface area contributed by atoms with Gasteiger partial charge in [0, 0.05) is 6.04 Å². The Morgan fingerprint density at radius 2 is 1.78 bits per heavy atom. The molecule has 0 saturated heterocycles. The first kappa shape index (κ1) is 19.3. The number of methoxy groups -OCH3 is 1. The number of benzene rings is 1. The smallest absolute Gasteiger partial charge is 0.471 e. The van der Waals surface area contributed by atoms with Crippen molar-refractivity contribution in [1.29, 1.82) is 0 Å². The number of fused-ring (bicyclic) bond motifs is 2. The van der Waals surface area contributed by atoms with Crippen molar-refractivity contribution in [3.63, 3.8) is 0 Å². The highest BCUT2D eigenvalue weighted by atomic mass is 19.4. The van der Waals surface area contributed by atoms with Crippen LogP contribution in [0, 0.1) is 17.8 Å². The van der Waals surface area contributed by atoms with Gasteiger partial charge in [-0.1, -0.05) is 24.3 Å². The number of ether oxygens (including phenoxy) is 1. The molecule has 0 aromatic heterocycles. The lowest BCUT2D eigenvalue weighted by Crippen LogP contribution is -2.52. The van der Waals surface area contributed by atoms with Crippen molar-refractivity contribution < 1.29 is 27.5 Å². The summed E-state index contributed by atoms with van der Waals surface area (Å²) in [5.41, 5.74) is 0.846. The van der Waals surface area contributed by atoms with Gasteiger partial charge in [-0.3, -0.25) is 9.59 Å². The lowest BCUT2D eigenvalue weighted by molar-refractivity contribution is -0.175. The van der Waals surface area contributed by atoms with E-state index in [0.717, 1.165) is 5.56 Å². The van der Waals surface area contributed by atoms with Gasteiger partial charge in [0.15, 0.2) is 0 Å². The zero-order chi connectivity index (χ0) is 19.8. The molecule has 5 atom stereocenters. The Balaban J connectivity index is 1.70. The van der Waals surface area contributed by atoms with Crippen LogP contribution in [0.1, 0.15) is 24.9 Å². The van der Waals surface area contributed by atoms with Crippen molar-refractivity contribution >= 4 is 11.8 Å². The number of halogens is 3. The zero-order valence-corrected chi connectivity index (χ0v) is 14.9. The Morgan fingerprint density at radius 1 is 1.15 bits per heavy atom. The zero-order valence-electron chi connectivity index (χ0n) is 14.9. The van der Waals surface area contributed by atoms with Crippen LogP contribution < -0.4 is 15.4 Å². The van der Waals surface area contributed by atoms with Crippen LogP contribution in [0.4, 0.5) is 13.2 Å². The predicted octanol–water partition coefficient (Wildman–Crippen LogP) is 2.74. The van der Waals surface area contributed by atoms with Crippen LogP contribution in [0.2, 0.25) is 0 Å². The summed E-state index contributed by atoms with van der Waals surface area (Å²) in [6.07, 6.45) is -0.771. The number of amides is 2. The summed E-state index contributed by atoms with van der Waals surface area (Å²) in [5, 5.41) is 4.87. The monoisotopic (exact) mass is 382 g/mol. The fourth-order valence-electron chi connectivity index (χ4n) is 3.90. The van der Waals surface area contributed by atoms with E-state index in [1.165, 1.54) is 0 Å². The highest BCUT2D eigenvalue weighted by Crippen LogP contribution is 2.44. The summed E-state index contributed by atoms with van der Waals surface area (Å²) < 4.78 is 43.0. The number of alkyl halides is 3. The number of rotatable bonds is 5. The van der Waals surface area contributed by atoms with Crippen LogP contribution in [-0.2, 0) is 9.59 Å². The molecular formula is C19H21F3N2O3. The minimum atomic E-state index is -4.97. The van der Waals surface area contributed by atoms with Gasteiger partial charge >= 0.3 is 12.1 Å². The summed E-state index contributed by atoms with van der Waals surface area (Å²) in [7, 11) is 1.55. The average Bonchev–Trinajstić information content (AvgIpc) is 3.22. The fraction of sp³-hybridized carbons (Fsp3) is 0.474. The first-order valence-corrected chi connectivity index (χ1v) is 8.71. The third kappa shape index (κ3) is 3.94.